The second kappa shape index (κ2) is 9.44. The highest BCUT2D eigenvalue weighted by molar-refractivity contribution is 5.81. The molecule has 2 aliphatic rings. The summed E-state index contributed by atoms with van der Waals surface area (Å²) in [6, 6.07) is 0. The average Bonchev–Trinajstić information content (AvgIpc) is 3.21. The summed E-state index contributed by atoms with van der Waals surface area (Å²) in [6.07, 6.45) is 4.68. The van der Waals surface area contributed by atoms with Gasteiger partial charge in [0.1, 0.15) is 0 Å². The molecule has 1 heterocycles. The first kappa shape index (κ1) is 23.6. The summed E-state index contributed by atoms with van der Waals surface area (Å²) in [6.45, 7) is 15.1. The number of rotatable bonds is 10. The summed E-state index contributed by atoms with van der Waals surface area (Å²) in [5.74, 6) is 0.599. The highest BCUT2D eigenvalue weighted by Crippen LogP contribution is 2.66. The molecule has 0 bridgehead atoms. The van der Waals surface area contributed by atoms with Gasteiger partial charge in [-0.25, -0.2) is 0 Å². The van der Waals surface area contributed by atoms with Gasteiger partial charge in [-0.3, -0.25) is 4.79 Å². The van der Waals surface area contributed by atoms with Crippen LogP contribution in [0.3, 0.4) is 0 Å². The number of carbonyl (C=O) groups excluding carboxylic acids is 1. The summed E-state index contributed by atoms with van der Waals surface area (Å²) in [4.78, 5) is 12.7. The van der Waals surface area contributed by atoms with Gasteiger partial charge in [-0.2, -0.15) is 0 Å². The molecule has 7 atom stereocenters. The lowest BCUT2D eigenvalue weighted by Gasteiger charge is -2.37. The van der Waals surface area contributed by atoms with Crippen molar-refractivity contribution in [2.75, 3.05) is 6.61 Å². The number of aliphatic hydroxyl groups is 1. The molecule has 1 aliphatic heterocycles. The fraction of sp³-hybridized carbons (Fsp3) is 0.957. The van der Waals surface area contributed by atoms with Crippen LogP contribution in [0.1, 0.15) is 87.0 Å². The van der Waals surface area contributed by atoms with Crippen molar-refractivity contribution in [3.63, 3.8) is 0 Å². The zero-order valence-corrected chi connectivity index (χ0v) is 19.0. The molecule has 0 aromatic heterocycles. The Hall–Kier alpha value is -0.650. The topological polar surface area (TPSA) is 65.0 Å². The van der Waals surface area contributed by atoms with Gasteiger partial charge < -0.3 is 19.3 Å². The highest BCUT2D eigenvalue weighted by atomic mass is 16.7. The molecule has 2 fully saturated rings. The van der Waals surface area contributed by atoms with E-state index in [4.69, 9.17) is 14.2 Å². The number of hydrogen-bond donors (Lipinski definition) is 1. The van der Waals surface area contributed by atoms with E-state index in [-0.39, 0.29) is 41.2 Å². The van der Waals surface area contributed by atoms with Gasteiger partial charge in [0.25, 0.3) is 0 Å². The van der Waals surface area contributed by atoms with E-state index < -0.39 is 6.10 Å². The van der Waals surface area contributed by atoms with Crippen LogP contribution in [0.4, 0.5) is 0 Å². The summed E-state index contributed by atoms with van der Waals surface area (Å²) < 4.78 is 17.6. The Morgan fingerprint density at radius 1 is 1.25 bits per heavy atom. The van der Waals surface area contributed by atoms with Gasteiger partial charge in [-0.05, 0) is 57.8 Å². The number of aliphatic hydroxyl groups excluding tert-OH is 1. The van der Waals surface area contributed by atoms with Crippen LogP contribution in [0.15, 0.2) is 0 Å². The number of carbonyl (C=O) groups is 1. The quantitative estimate of drug-likeness (QED) is 0.540. The van der Waals surface area contributed by atoms with Crippen LogP contribution >= 0.6 is 0 Å². The molecule has 1 saturated carbocycles. The van der Waals surface area contributed by atoms with Gasteiger partial charge >= 0.3 is 5.97 Å². The van der Waals surface area contributed by atoms with E-state index in [9.17, 15) is 9.90 Å². The lowest BCUT2D eigenvalue weighted by Crippen LogP contribution is -2.44. The lowest BCUT2D eigenvalue weighted by atomic mass is 9.90. The standard InChI is InChI=1S/C23H42O5/c1-8-18(9-2)13-26-21(25)23(7)14-22(23,6)11-10-16(4)27-20-15(3)12-19(24)17(5)28-20/h15-20,24H,8-14H2,1-7H3/t15-,16-,17+,19-,20-,22+,23+/m1/s1. The van der Waals surface area contributed by atoms with Crippen molar-refractivity contribution in [3.8, 4) is 0 Å². The van der Waals surface area contributed by atoms with E-state index in [1.165, 1.54) is 0 Å². The van der Waals surface area contributed by atoms with Crippen molar-refractivity contribution in [2.45, 2.75) is 112 Å². The molecule has 1 saturated heterocycles. The Morgan fingerprint density at radius 3 is 2.50 bits per heavy atom. The van der Waals surface area contributed by atoms with E-state index >= 15 is 0 Å². The van der Waals surface area contributed by atoms with Gasteiger partial charge in [0.05, 0.1) is 30.3 Å². The van der Waals surface area contributed by atoms with Crippen LogP contribution in [0.2, 0.25) is 0 Å². The molecule has 2 rings (SSSR count). The van der Waals surface area contributed by atoms with Crippen molar-refractivity contribution >= 4 is 5.97 Å². The molecule has 0 aromatic carbocycles. The Morgan fingerprint density at radius 2 is 1.89 bits per heavy atom. The van der Waals surface area contributed by atoms with E-state index in [0.29, 0.717) is 18.9 Å². The molecule has 0 radical (unpaired) electrons. The Balaban J connectivity index is 1.78. The Bertz CT molecular complexity index is 519. The normalized spacial score (nSPS) is 39.0. The fourth-order valence-corrected chi connectivity index (χ4v) is 4.40. The maximum atomic E-state index is 12.7. The predicted molar refractivity (Wildman–Crippen MR) is 110 cm³/mol. The molecule has 0 aromatic rings. The minimum atomic E-state index is -0.415. The number of esters is 1. The second-order valence-electron chi connectivity index (χ2n) is 9.83. The zero-order chi connectivity index (χ0) is 21.1. The van der Waals surface area contributed by atoms with Crippen molar-refractivity contribution in [1.82, 2.24) is 0 Å². The van der Waals surface area contributed by atoms with E-state index in [0.717, 1.165) is 32.1 Å². The lowest BCUT2D eigenvalue weighted by molar-refractivity contribution is -0.255. The summed E-state index contributed by atoms with van der Waals surface area (Å²) in [5.41, 5.74) is -0.385. The third kappa shape index (κ3) is 5.28. The summed E-state index contributed by atoms with van der Waals surface area (Å²) in [7, 11) is 0. The molecule has 0 unspecified atom stereocenters. The van der Waals surface area contributed by atoms with Crippen LogP contribution in [0.25, 0.3) is 0 Å². The van der Waals surface area contributed by atoms with Crippen molar-refractivity contribution in [1.29, 1.82) is 0 Å². The van der Waals surface area contributed by atoms with Gasteiger partial charge in [0, 0.05) is 5.92 Å². The summed E-state index contributed by atoms with van der Waals surface area (Å²) in [5, 5.41) is 9.91. The summed E-state index contributed by atoms with van der Waals surface area (Å²) >= 11 is 0. The van der Waals surface area contributed by atoms with Crippen LogP contribution in [-0.2, 0) is 19.0 Å². The van der Waals surface area contributed by atoms with Crippen LogP contribution < -0.4 is 0 Å². The first-order chi connectivity index (χ1) is 13.1. The van der Waals surface area contributed by atoms with Crippen LogP contribution in [-0.4, -0.2) is 42.3 Å². The first-order valence-corrected chi connectivity index (χ1v) is 11.2. The molecule has 164 valence electrons. The van der Waals surface area contributed by atoms with Gasteiger partial charge in [0.15, 0.2) is 6.29 Å². The first-order valence-electron chi connectivity index (χ1n) is 11.2. The molecule has 28 heavy (non-hydrogen) atoms. The molecule has 5 heteroatoms. The third-order valence-corrected chi connectivity index (χ3v) is 7.44. The SMILES string of the molecule is CCC(CC)COC(=O)[C@]1(C)C[C@]1(C)CC[C@@H](C)O[C@@H]1O[C@@H](C)[C@H](O)C[C@H]1C. The fourth-order valence-electron chi connectivity index (χ4n) is 4.40. The molecular weight excluding hydrogens is 356 g/mol. The Labute approximate surface area is 171 Å². The monoisotopic (exact) mass is 398 g/mol. The third-order valence-electron chi connectivity index (χ3n) is 7.44. The zero-order valence-electron chi connectivity index (χ0n) is 19.0. The van der Waals surface area contributed by atoms with Crippen LogP contribution in [0.5, 0.6) is 0 Å². The van der Waals surface area contributed by atoms with Crippen molar-refractivity contribution in [3.05, 3.63) is 0 Å². The maximum Gasteiger partial charge on any atom is 0.312 e. The maximum absolute atomic E-state index is 12.7. The van der Waals surface area contributed by atoms with Gasteiger partial charge in [-0.15, -0.1) is 0 Å². The minimum Gasteiger partial charge on any atom is -0.465 e. The molecule has 5 nitrogen and oxygen atoms in total. The van der Waals surface area contributed by atoms with Crippen molar-refractivity contribution < 1.29 is 24.1 Å². The second-order valence-corrected chi connectivity index (χ2v) is 9.83. The smallest absolute Gasteiger partial charge is 0.312 e. The molecule has 0 amide bonds. The largest absolute Gasteiger partial charge is 0.465 e. The average molecular weight is 399 g/mol. The van der Waals surface area contributed by atoms with E-state index in [1.807, 2.05) is 13.8 Å². The number of hydrogen-bond acceptors (Lipinski definition) is 5. The van der Waals surface area contributed by atoms with Crippen molar-refractivity contribution in [2.24, 2.45) is 22.7 Å². The molecular formula is C23H42O5. The van der Waals surface area contributed by atoms with E-state index in [2.05, 4.69) is 34.6 Å². The minimum absolute atomic E-state index is 0.0157. The van der Waals surface area contributed by atoms with E-state index in [1.54, 1.807) is 0 Å². The highest BCUT2D eigenvalue weighted by Gasteiger charge is 2.66. The molecule has 1 aliphatic carbocycles. The van der Waals surface area contributed by atoms with Gasteiger partial charge in [-0.1, -0.05) is 40.5 Å². The number of ether oxygens (including phenoxy) is 3. The van der Waals surface area contributed by atoms with Crippen LogP contribution in [0, 0.1) is 22.7 Å². The van der Waals surface area contributed by atoms with Gasteiger partial charge in [0.2, 0.25) is 0 Å². The Kier molecular flexibility index (Phi) is 7.97. The predicted octanol–water partition coefficient (Wildman–Crippen LogP) is 4.70. The molecule has 0 spiro atoms. The molecule has 1 N–H and O–H groups in total.